The van der Waals surface area contributed by atoms with Gasteiger partial charge in [0.1, 0.15) is 47.7 Å². The molecule has 0 fully saturated rings. The number of benzene rings is 4. The second-order valence-corrected chi connectivity index (χ2v) is 11.7. The van der Waals surface area contributed by atoms with Crippen molar-refractivity contribution in [2.75, 3.05) is 26.4 Å². The van der Waals surface area contributed by atoms with E-state index in [1.165, 1.54) is 12.1 Å². The van der Waals surface area contributed by atoms with E-state index in [0.29, 0.717) is 11.1 Å². The van der Waals surface area contributed by atoms with Gasteiger partial charge in [0.2, 0.25) is 9.84 Å². The minimum absolute atomic E-state index is 0.0900. The highest BCUT2D eigenvalue weighted by atomic mass is 32.2. The Morgan fingerprint density at radius 3 is 1.33 bits per heavy atom. The minimum atomic E-state index is -4.31. The number of hydrogen-bond acceptors (Lipinski definition) is 8. The molecule has 0 heterocycles. The molecule has 0 atom stereocenters. The van der Waals surface area contributed by atoms with Crippen molar-refractivity contribution in [2.24, 2.45) is 0 Å². The molecule has 0 aliphatic heterocycles. The summed E-state index contributed by atoms with van der Waals surface area (Å²) < 4.78 is 51.8. The van der Waals surface area contributed by atoms with Gasteiger partial charge in [-0.15, -0.1) is 0 Å². The molecule has 0 radical (unpaired) electrons. The van der Waals surface area contributed by atoms with Gasteiger partial charge in [0.25, 0.3) is 0 Å². The molecule has 0 amide bonds. The number of sulfone groups is 1. The van der Waals surface area contributed by atoms with Crippen molar-refractivity contribution in [2.45, 2.75) is 23.6 Å². The van der Waals surface area contributed by atoms with Crippen LogP contribution in [0, 0.1) is 13.8 Å². The summed E-state index contributed by atoms with van der Waals surface area (Å²) in [4.78, 5) is 23.1. The van der Waals surface area contributed by atoms with E-state index in [1.54, 1.807) is 12.1 Å². The van der Waals surface area contributed by atoms with Crippen molar-refractivity contribution in [1.29, 1.82) is 0 Å². The fraction of sp³-hybridized carbons (Fsp3) is 0.167. The summed E-state index contributed by atoms with van der Waals surface area (Å²) in [6.45, 7) is 10.1. The molecule has 4 aromatic rings. The molecular formula is C36H34O8S. The van der Waals surface area contributed by atoms with E-state index in [2.05, 4.69) is 13.2 Å². The summed E-state index contributed by atoms with van der Waals surface area (Å²) in [5.41, 5.74) is 4.24. The molecule has 0 spiro atoms. The monoisotopic (exact) mass is 626 g/mol. The van der Waals surface area contributed by atoms with Crippen LogP contribution in [-0.4, -0.2) is 46.8 Å². The Balaban J connectivity index is 1.89. The summed E-state index contributed by atoms with van der Waals surface area (Å²) in [6, 6.07) is 25.0. The molecule has 8 nitrogen and oxygen atoms in total. The summed E-state index contributed by atoms with van der Waals surface area (Å²) in [5.74, 6) is -1.01. The normalized spacial score (nSPS) is 10.9. The van der Waals surface area contributed by atoms with E-state index in [4.69, 9.17) is 18.9 Å². The van der Waals surface area contributed by atoms with Crippen LogP contribution >= 0.6 is 0 Å². The molecule has 4 aromatic carbocycles. The highest BCUT2D eigenvalue weighted by molar-refractivity contribution is 7.91. The van der Waals surface area contributed by atoms with Crippen LogP contribution in [0.4, 0.5) is 0 Å². The fourth-order valence-corrected chi connectivity index (χ4v) is 6.31. The zero-order valence-electron chi connectivity index (χ0n) is 25.2. The number of carbonyl (C=O) groups excluding carboxylic acids is 2. The van der Waals surface area contributed by atoms with E-state index < -0.39 is 21.8 Å². The minimum Gasteiger partial charge on any atom is -0.488 e. The van der Waals surface area contributed by atoms with Gasteiger partial charge in [-0.1, -0.05) is 86.0 Å². The number of ether oxygens (including phenoxy) is 4. The average molecular weight is 627 g/mol. The zero-order valence-corrected chi connectivity index (χ0v) is 26.0. The summed E-state index contributed by atoms with van der Waals surface area (Å²) in [6.07, 6.45) is 2.08. The summed E-state index contributed by atoms with van der Waals surface area (Å²) >= 11 is 0. The predicted octanol–water partition coefficient (Wildman–Crippen LogP) is 6.69. The van der Waals surface area contributed by atoms with Crippen molar-refractivity contribution in [3.05, 3.63) is 121 Å². The van der Waals surface area contributed by atoms with Crippen molar-refractivity contribution >= 4 is 21.8 Å². The van der Waals surface area contributed by atoms with Crippen molar-refractivity contribution < 1.29 is 37.0 Å². The Bertz CT molecular complexity index is 1670. The van der Waals surface area contributed by atoms with E-state index in [0.717, 1.165) is 34.4 Å². The summed E-state index contributed by atoms with van der Waals surface area (Å²) in [7, 11) is -4.31. The third-order valence-corrected chi connectivity index (χ3v) is 8.65. The van der Waals surface area contributed by atoms with Gasteiger partial charge < -0.3 is 18.9 Å². The second kappa shape index (κ2) is 15.0. The number of hydrogen-bond donors (Lipinski definition) is 0. The van der Waals surface area contributed by atoms with Crippen LogP contribution in [0.25, 0.3) is 22.3 Å². The van der Waals surface area contributed by atoms with Gasteiger partial charge in [0, 0.05) is 23.3 Å². The van der Waals surface area contributed by atoms with E-state index in [-0.39, 0.29) is 47.7 Å². The Labute approximate surface area is 263 Å². The van der Waals surface area contributed by atoms with Gasteiger partial charge in [-0.2, -0.15) is 0 Å². The molecule has 0 unspecified atom stereocenters. The smallest absolute Gasteiger partial charge is 0.330 e. The molecule has 0 aliphatic rings. The van der Waals surface area contributed by atoms with Gasteiger partial charge >= 0.3 is 11.9 Å². The molecule has 0 aliphatic carbocycles. The molecule has 9 heteroatoms. The highest BCUT2D eigenvalue weighted by Gasteiger charge is 2.31. The molecule has 0 saturated carbocycles. The lowest BCUT2D eigenvalue weighted by atomic mass is 9.99. The molecule has 45 heavy (non-hydrogen) atoms. The number of rotatable bonds is 14. The maximum atomic E-state index is 14.7. The maximum Gasteiger partial charge on any atom is 0.330 e. The quantitative estimate of drug-likeness (QED) is 0.0867. The van der Waals surface area contributed by atoms with Gasteiger partial charge in [0.15, 0.2) is 0 Å². The van der Waals surface area contributed by atoms with Crippen molar-refractivity contribution in [3.8, 4) is 33.8 Å². The van der Waals surface area contributed by atoms with E-state index in [9.17, 15) is 18.0 Å². The van der Waals surface area contributed by atoms with Gasteiger partial charge in [-0.25, -0.2) is 18.0 Å². The van der Waals surface area contributed by atoms with Crippen LogP contribution in [0.3, 0.4) is 0 Å². The third kappa shape index (κ3) is 7.69. The van der Waals surface area contributed by atoms with Crippen LogP contribution in [0.2, 0.25) is 0 Å². The first-order valence-electron chi connectivity index (χ1n) is 14.2. The topological polar surface area (TPSA) is 105 Å². The van der Waals surface area contributed by atoms with Gasteiger partial charge in [-0.3, -0.25) is 0 Å². The number of aryl methyl sites for hydroxylation is 2. The van der Waals surface area contributed by atoms with Gasteiger partial charge in [-0.05, 0) is 48.2 Å². The first kappa shape index (κ1) is 32.8. The molecule has 0 saturated heterocycles. The molecule has 0 N–H and O–H groups in total. The SMILES string of the molecule is C=CC(=O)OCCOc1c(S(=O)(=O)c2ccc(C)c(-c3ccccc3)c2OCCOC(=O)C=C)ccc(C)c1-c1ccccc1. The molecule has 0 bridgehead atoms. The van der Waals surface area contributed by atoms with Crippen LogP contribution in [0.1, 0.15) is 11.1 Å². The first-order chi connectivity index (χ1) is 21.7. The summed E-state index contributed by atoms with van der Waals surface area (Å²) in [5, 5.41) is 0. The third-order valence-electron chi connectivity index (χ3n) is 6.85. The standard InChI is InChI=1S/C36H34O8S/c1-5-31(37)41-21-23-43-35-29(19-17-25(3)33(35)27-13-9-7-10-14-27)45(39,40)30-20-18-26(4)34(28-15-11-8-12-16-28)36(30)44-24-22-42-32(38)6-2/h5-20H,1-2,21-24H2,3-4H3. The van der Waals surface area contributed by atoms with Crippen LogP contribution in [0.5, 0.6) is 11.5 Å². The van der Waals surface area contributed by atoms with Crippen LogP contribution < -0.4 is 9.47 Å². The van der Waals surface area contributed by atoms with Crippen LogP contribution in [0.15, 0.2) is 120 Å². The van der Waals surface area contributed by atoms with Crippen molar-refractivity contribution in [3.63, 3.8) is 0 Å². The van der Waals surface area contributed by atoms with E-state index >= 15 is 0 Å². The Hall–Kier alpha value is -5.15. The highest BCUT2D eigenvalue weighted by Crippen LogP contribution is 2.45. The second-order valence-electron chi connectivity index (χ2n) is 9.85. The molecular weight excluding hydrogens is 592 g/mol. The van der Waals surface area contributed by atoms with Crippen LogP contribution in [-0.2, 0) is 28.9 Å². The Morgan fingerprint density at radius 1 is 0.600 bits per heavy atom. The maximum absolute atomic E-state index is 14.7. The number of esters is 2. The first-order valence-corrected chi connectivity index (χ1v) is 15.6. The molecule has 0 aromatic heterocycles. The fourth-order valence-electron chi connectivity index (χ4n) is 4.77. The Kier molecular flexibility index (Phi) is 10.9. The predicted molar refractivity (Wildman–Crippen MR) is 172 cm³/mol. The largest absolute Gasteiger partial charge is 0.488 e. The van der Waals surface area contributed by atoms with E-state index in [1.807, 2.05) is 74.5 Å². The van der Waals surface area contributed by atoms with Gasteiger partial charge in [0.05, 0.1) is 0 Å². The number of carbonyl (C=O) groups is 2. The van der Waals surface area contributed by atoms with Crippen molar-refractivity contribution in [1.82, 2.24) is 0 Å². The lowest BCUT2D eigenvalue weighted by Crippen LogP contribution is -2.15. The molecule has 232 valence electrons. The lowest BCUT2D eigenvalue weighted by molar-refractivity contribution is -0.139. The molecule has 4 rings (SSSR count). The average Bonchev–Trinajstić information content (AvgIpc) is 3.05. The lowest BCUT2D eigenvalue weighted by Gasteiger charge is -2.21. The Morgan fingerprint density at radius 2 is 0.978 bits per heavy atom. The zero-order chi connectivity index (χ0) is 32.4.